The van der Waals surface area contributed by atoms with E-state index in [2.05, 4.69) is 27.0 Å². The number of hydrogen-bond donors (Lipinski definition) is 1. The molecule has 0 bridgehead atoms. The molecule has 2 saturated heterocycles. The molecule has 122 valence electrons. The van der Waals surface area contributed by atoms with Crippen molar-refractivity contribution in [3.05, 3.63) is 22.4 Å². The van der Waals surface area contributed by atoms with Gasteiger partial charge in [0.05, 0.1) is 12.7 Å². The van der Waals surface area contributed by atoms with Crippen molar-refractivity contribution in [3.63, 3.8) is 0 Å². The van der Waals surface area contributed by atoms with E-state index in [1.54, 1.807) is 18.4 Å². The summed E-state index contributed by atoms with van der Waals surface area (Å²) in [6.07, 6.45) is 1.89. The molecule has 3 heterocycles. The molecule has 3 rings (SSSR count). The van der Waals surface area contributed by atoms with Crippen molar-refractivity contribution < 1.29 is 14.3 Å². The van der Waals surface area contributed by atoms with E-state index in [1.165, 1.54) is 5.56 Å². The molecule has 0 radical (unpaired) electrons. The first-order valence-electron chi connectivity index (χ1n) is 7.92. The number of ether oxygens (including phenoxy) is 2. The van der Waals surface area contributed by atoms with E-state index in [0.29, 0.717) is 19.1 Å². The Bertz CT molecular complexity index is 480. The molecule has 0 aliphatic carbocycles. The van der Waals surface area contributed by atoms with Gasteiger partial charge in [-0.2, -0.15) is 11.3 Å². The highest BCUT2D eigenvalue weighted by molar-refractivity contribution is 7.07. The van der Waals surface area contributed by atoms with Gasteiger partial charge in [-0.1, -0.05) is 0 Å². The summed E-state index contributed by atoms with van der Waals surface area (Å²) in [5, 5.41) is 7.20. The third-order valence-electron chi connectivity index (χ3n) is 4.52. The van der Waals surface area contributed by atoms with Crippen molar-refractivity contribution >= 4 is 17.2 Å². The van der Waals surface area contributed by atoms with Crippen molar-refractivity contribution in [2.45, 2.75) is 31.6 Å². The third-order valence-corrected chi connectivity index (χ3v) is 5.25. The minimum atomic E-state index is -0.284. The first-order valence-corrected chi connectivity index (χ1v) is 8.86. The molecule has 6 heteroatoms. The molecular weight excluding hydrogens is 300 g/mol. The lowest BCUT2D eigenvalue weighted by atomic mass is 9.91. The summed E-state index contributed by atoms with van der Waals surface area (Å²) in [7, 11) is 1.63. The Kier molecular flexibility index (Phi) is 5.46. The van der Waals surface area contributed by atoms with Gasteiger partial charge < -0.3 is 14.8 Å². The molecule has 3 atom stereocenters. The predicted octanol–water partition coefficient (Wildman–Crippen LogP) is 1.49. The van der Waals surface area contributed by atoms with Gasteiger partial charge in [0, 0.05) is 26.7 Å². The second-order valence-corrected chi connectivity index (χ2v) is 6.88. The minimum absolute atomic E-state index is 0.0100. The molecule has 1 amide bonds. The lowest BCUT2D eigenvalue weighted by molar-refractivity contribution is -0.133. The van der Waals surface area contributed by atoms with E-state index in [9.17, 15) is 4.79 Å². The van der Waals surface area contributed by atoms with Gasteiger partial charge in [0.1, 0.15) is 6.10 Å². The fourth-order valence-corrected chi connectivity index (χ4v) is 4.00. The second-order valence-electron chi connectivity index (χ2n) is 6.10. The van der Waals surface area contributed by atoms with E-state index < -0.39 is 0 Å². The minimum Gasteiger partial charge on any atom is -0.383 e. The summed E-state index contributed by atoms with van der Waals surface area (Å²) in [6.45, 7) is 4.11. The number of carbonyl (C=O) groups excluding carboxylic acids is 1. The normalized spacial score (nSPS) is 28.5. The van der Waals surface area contributed by atoms with E-state index in [-0.39, 0.29) is 18.1 Å². The van der Waals surface area contributed by atoms with Gasteiger partial charge in [-0.3, -0.25) is 9.69 Å². The van der Waals surface area contributed by atoms with Crippen LogP contribution in [0, 0.1) is 5.92 Å². The number of likely N-dealkylation sites (tertiary alicyclic amines) is 1. The molecule has 2 aliphatic heterocycles. The Morgan fingerprint density at radius 2 is 2.50 bits per heavy atom. The molecule has 1 N–H and O–H groups in total. The maximum absolute atomic E-state index is 12.1. The molecule has 0 unspecified atom stereocenters. The predicted molar refractivity (Wildman–Crippen MR) is 85.9 cm³/mol. The molecule has 0 spiro atoms. The number of methoxy groups -OCH3 is 1. The first kappa shape index (κ1) is 15.9. The first-order chi connectivity index (χ1) is 10.8. The SMILES string of the molecule is COCCNC(=O)[C@H]1C[C@@H]2CCN(Cc3ccsc3)C[C@@H]2O1. The summed E-state index contributed by atoms with van der Waals surface area (Å²) < 4.78 is 11.0. The standard InChI is InChI=1S/C16H24N2O3S/c1-20-6-4-17-16(19)14-8-13-2-5-18(10-15(13)21-14)9-12-3-7-22-11-12/h3,7,11,13-15H,2,4-6,8-10H2,1H3,(H,17,19)/t13-,14+,15-/m0/s1. The van der Waals surface area contributed by atoms with Crippen molar-refractivity contribution in [1.29, 1.82) is 0 Å². The summed E-state index contributed by atoms with van der Waals surface area (Å²) in [4.78, 5) is 14.5. The Labute approximate surface area is 135 Å². The molecule has 2 fully saturated rings. The van der Waals surface area contributed by atoms with Gasteiger partial charge in [0.25, 0.3) is 0 Å². The van der Waals surface area contributed by atoms with Gasteiger partial charge in [-0.05, 0) is 47.7 Å². The van der Waals surface area contributed by atoms with Gasteiger partial charge in [-0.25, -0.2) is 0 Å². The number of thiophene rings is 1. The number of fused-ring (bicyclic) bond motifs is 1. The number of carbonyl (C=O) groups is 1. The van der Waals surface area contributed by atoms with Crippen LogP contribution in [-0.4, -0.2) is 56.4 Å². The Morgan fingerprint density at radius 1 is 1.59 bits per heavy atom. The van der Waals surface area contributed by atoms with Crippen LogP contribution in [0.1, 0.15) is 18.4 Å². The van der Waals surface area contributed by atoms with Gasteiger partial charge in [-0.15, -0.1) is 0 Å². The highest BCUT2D eigenvalue weighted by atomic mass is 32.1. The molecular formula is C16H24N2O3S. The topological polar surface area (TPSA) is 50.8 Å². The van der Waals surface area contributed by atoms with Crippen LogP contribution < -0.4 is 5.32 Å². The smallest absolute Gasteiger partial charge is 0.249 e. The quantitative estimate of drug-likeness (QED) is 0.806. The summed E-state index contributed by atoms with van der Waals surface area (Å²) in [5.41, 5.74) is 1.37. The maximum Gasteiger partial charge on any atom is 0.249 e. The van der Waals surface area contributed by atoms with Crippen LogP contribution in [0.25, 0.3) is 0 Å². The molecule has 0 aromatic carbocycles. The fourth-order valence-electron chi connectivity index (χ4n) is 3.34. The summed E-state index contributed by atoms with van der Waals surface area (Å²) in [6, 6.07) is 2.18. The number of nitrogens with one attached hydrogen (secondary N) is 1. The highest BCUT2D eigenvalue weighted by Crippen LogP contribution is 2.33. The molecule has 5 nitrogen and oxygen atoms in total. The fraction of sp³-hybridized carbons (Fsp3) is 0.688. The Balaban J connectivity index is 1.47. The van der Waals surface area contributed by atoms with Crippen LogP contribution in [0.4, 0.5) is 0 Å². The van der Waals surface area contributed by atoms with Crippen LogP contribution in [0.2, 0.25) is 0 Å². The summed E-state index contributed by atoms with van der Waals surface area (Å²) in [5.74, 6) is 0.535. The molecule has 1 aromatic heterocycles. The van der Waals surface area contributed by atoms with E-state index >= 15 is 0 Å². The zero-order valence-corrected chi connectivity index (χ0v) is 13.8. The molecule has 0 saturated carbocycles. The van der Waals surface area contributed by atoms with Crippen LogP contribution in [-0.2, 0) is 20.8 Å². The van der Waals surface area contributed by atoms with E-state index in [1.807, 2.05) is 0 Å². The average molecular weight is 324 g/mol. The second kappa shape index (κ2) is 7.55. The Morgan fingerprint density at radius 3 is 3.27 bits per heavy atom. The molecule has 22 heavy (non-hydrogen) atoms. The van der Waals surface area contributed by atoms with Crippen LogP contribution in [0.5, 0.6) is 0 Å². The number of amides is 1. The van der Waals surface area contributed by atoms with Crippen LogP contribution in [0.15, 0.2) is 16.8 Å². The lowest BCUT2D eigenvalue weighted by Gasteiger charge is -2.33. The van der Waals surface area contributed by atoms with Gasteiger partial charge >= 0.3 is 0 Å². The van der Waals surface area contributed by atoms with Crippen LogP contribution >= 0.6 is 11.3 Å². The number of hydrogen-bond acceptors (Lipinski definition) is 5. The number of rotatable bonds is 6. The molecule has 2 aliphatic rings. The Hall–Kier alpha value is -0.950. The van der Waals surface area contributed by atoms with Crippen LogP contribution in [0.3, 0.4) is 0 Å². The highest BCUT2D eigenvalue weighted by Gasteiger charge is 2.41. The molecule has 1 aromatic rings. The van der Waals surface area contributed by atoms with E-state index in [4.69, 9.17) is 9.47 Å². The average Bonchev–Trinajstić information content (AvgIpc) is 3.16. The van der Waals surface area contributed by atoms with E-state index in [0.717, 1.165) is 32.5 Å². The maximum atomic E-state index is 12.1. The monoisotopic (exact) mass is 324 g/mol. The third kappa shape index (κ3) is 3.87. The number of piperidine rings is 1. The number of nitrogens with zero attached hydrogens (tertiary/aromatic N) is 1. The largest absolute Gasteiger partial charge is 0.383 e. The van der Waals surface area contributed by atoms with Crippen molar-refractivity contribution in [2.24, 2.45) is 5.92 Å². The van der Waals surface area contributed by atoms with Gasteiger partial charge in [0.2, 0.25) is 5.91 Å². The van der Waals surface area contributed by atoms with Crippen molar-refractivity contribution in [2.75, 3.05) is 33.4 Å². The van der Waals surface area contributed by atoms with Crippen molar-refractivity contribution in [1.82, 2.24) is 10.2 Å². The van der Waals surface area contributed by atoms with Crippen molar-refractivity contribution in [3.8, 4) is 0 Å². The zero-order valence-electron chi connectivity index (χ0n) is 13.0. The van der Waals surface area contributed by atoms with Gasteiger partial charge in [0.15, 0.2) is 0 Å². The zero-order chi connectivity index (χ0) is 15.4. The summed E-state index contributed by atoms with van der Waals surface area (Å²) >= 11 is 1.74. The lowest BCUT2D eigenvalue weighted by Crippen LogP contribution is -2.42.